The molecule has 5 rings (SSSR count). The van der Waals surface area contributed by atoms with E-state index >= 15 is 0 Å². The van der Waals surface area contributed by atoms with Crippen molar-refractivity contribution in [1.29, 1.82) is 0 Å². The van der Waals surface area contributed by atoms with E-state index in [9.17, 15) is 4.79 Å². The maximum absolute atomic E-state index is 13.0. The number of benzene rings is 3. The number of nitrogens with zero attached hydrogens (tertiary/aromatic N) is 3. The molecule has 0 amide bonds. The number of halogens is 1. The van der Waals surface area contributed by atoms with Gasteiger partial charge in [-0.15, -0.1) is 10.2 Å². The summed E-state index contributed by atoms with van der Waals surface area (Å²) in [6.07, 6.45) is 1.87. The molecule has 0 radical (unpaired) electrons. The Kier molecular flexibility index (Phi) is 5.59. The average Bonchev–Trinajstić information content (AvgIpc) is 3.35. The van der Waals surface area contributed by atoms with Crippen molar-refractivity contribution in [2.45, 2.75) is 13.5 Å². The van der Waals surface area contributed by atoms with E-state index in [2.05, 4.69) is 26.1 Å². The monoisotopic (exact) mass is 503 g/mol. The van der Waals surface area contributed by atoms with Crippen molar-refractivity contribution >= 4 is 38.3 Å². The highest BCUT2D eigenvalue weighted by Crippen LogP contribution is 2.19. The molecule has 158 valence electrons. The molecule has 0 aliphatic heterocycles. The van der Waals surface area contributed by atoms with Gasteiger partial charge in [0.15, 0.2) is 5.82 Å². The highest BCUT2D eigenvalue weighted by Gasteiger charge is 2.14. The van der Waals surface area contributed by atoms with E-state index in [1.54, 1.807) is 4.40 Å². The molecule has 0 aliphatic carbocycles. The minimum absolute atomic E-state index is 0.110. The zero-order valence-electron chi connectivity index (χ0n) is 17.2. The minimum Gasteiger partial charge on any atom is -0.489 e. The van der Waals surface area contributed by atoms with Crippen LogP contribution >= 0.6 is 27.3 Å². The van der Waals surface area contributed by atoms with Crippen molar-refractivity contribution in [3.05, 3.63) is 109 Å². The van der Waals surface area contributed by atoms with Crippen LogP contribution in [0.5, 0.6) is 5.75 Å². The summed E-state index contributed by atoms with van der Waals surface area (Å²) in [4.78, 5) is 13.6. The lowest BCUT2D eigenvalue weighted by molar-refractivity contribution is 0.306. The number of ether oxygens (including phenoxy) is 1. The molecule has 2 heterocycles. The lowest BCUT2D eigenvalue weighted by Gasteiger charge is -2.06. The van der Waals surface area contributed by atoms with Gasteiger partial charge < -0.3 is 4.74 Å². The maximum atomic E-state index is 13.0. The summed E-state index contributed by atoms with van der Waals surface area (Å²) in [6, 6.07) is 23.7. The molecule has 0 fully saturated rings. The average molecular weight is 504 g/mol. The van der Waals surface area contributed by atoms with Crippen LogP contribution in [0.25, 0.3) is 22.4 Å². The van der Waals surface area contributed by atoms with Gasteiger partial charge in [0.2, 0.25) is 4.96 Å². The fourth-order valence-corrected chi connectivity index (χ4v) is 4.49. The van der Waals surface area contributed by atoms with Crippen molar-refractivity contribution in [2.24, 2.45) is 0 Å². The molecule has 0 bridgehead atoms. The van der Waals surface area contributed by atoms with Gasteiger partial charge in [-0.1, -0.05) is 81.4 Å². The molecular formula is C25H18BrN3O2S. The van der Waals surface area contributed by atoms with Crippen LogP contribution in [0.3, 0.4) is 0 Å². The highest BCUT2D eigenvalue weighted by molar-refractivity contribution is 9.10. The topological polar surface area (TPSA) is 56.5 Å². The third-order valence-electron chi connectivity index (χ3n) is 5.05. The van der Waals surface area contributed by atoms with E-state index < -0.39 is 0 Å². The Morgan fingerprint density at radius 1 is 0.969 bits per heavy atom. The smallest absolute Gasteiger partial charge is 0.276 e. The van der Waals surface area contributed by atoms with E-state index in [4.69, 9.17) is 4.74 Å². The zero-order valence-corrected chi connectivity index (χ0v) is 19.6. The van der Waals surface area contributed by atoms with Crippen LogP contribution in [0.1, 0.15) is 16.7 Å². The van der Waals surface area contributed by atoms with Gasteiger partial charge in [-0.2, -0.15) is 0 Å². The number of hydrogen-bond donors (Lipinski definition) is 0. The first kappa shape index (κ1) is 20.6. The molecule has 5 nitrogen and oxygen atoms in total. The summed E-state index contributed by atoms with van der Waals surface area (Å²) in [6.45, 7) is 2.52. The maximum Gasteiger partial charge on any atom is 0.276 e. The molecule has 0 atom stereocenters. The molecule has 32 heavy (non-hydrogen) atoms. The van der Waals surface area contributed by atoms with Gasteiger partial charge in [0, 0.05) is 10.0 Å². The second kappa shape index (κ2) is 8.68. The standard InChI is InChI=1S/C25H18BrN3O2S/c1-16-2-8-19(9-3-16)23-27-28-25-29(23)24(30)22(32-25)14-17-6-12-21(13-7-17)31-15-18-4-10-20(26)11-5-18/h2-14H,15H2,1H3/b22-14+. The van der Waals surface area contributed by atoms with Gasteiger partial charge in [0.1, 0.15) is 12.4 Å². The van der Waals surface area contributed by atoms with E-state index in [-0.39, 0.29) is 5.56 Å². The number of hydrogen-bond acceptors (Lipinski definition) is 5. The number of aryl methyl sites for hydroxylation is 1. The van der Waals surface area contributed by atoms with Gasteiger partial charge in [-0.05, 0) is 48.4 Å². The fraction of sp³-hybridized carbons (Fsp3) is 0.0800. The first-order chi connectivity index (χ1) is 15.6. The first-order valence-corrected chi connectivity index (χ1v) is 11.6. The molecule has 0 aliphatic rings. The molecule has 3 aromatic carbocycles. The Morgan fingerprint density at radius 2 is 1.69 bits per heavy atom. The van der Waals surface area contributed by atoms with Gasteiger partial charge in [-0.25, -0.2) is 4.40 Å². The predicted molar refractivity (Wildman–Crippen MR) is 131 cm³/mol. The van der Waals surface area contributed by atoms with Crippen molar-refractivity contribution in [3.63, 3.8) is 0 Å². The third kappa shape index (κ3) is 4.22. The van der Waals surface area contributed by atoms with Gasteiger partial charge in [0.05, 0.1) is 4.53 Å². The molecule has 5 aromatic rings. The van der Waals surface area contributed by atoms with E-state index in [1.165, 1.54) is 11.3 Å². The summed E-state index contributed by atoms with van der Waals surface area (Å²) >= 11 is 4.77. The number of rotatable bonds is 5. The van der Waals surface area contributed by atoms with Crippen LogP contribution < -0.4 is 14.8 Å². The van der Waals surface area contributed by atoms with E-state index in [0.717, 1.165) is 32.5 Å². The summed E-state index contributed by atoms with van der Waals surface area (Å²) in [5.74, 6) is 1.34. The molecule has 0 saturated carbocycles. The summed E-state index contributed by atoms with van der Waals surface area (Å²) in [5.41, 5.74) is 3.94. The van der Waals surface area contributed by atoms with E-state index in [1.807, 2.05) is 85.8 Å². The molecular weight excluding hydrogens is 486 g/mol. The van der Waals surface area contributed by atoms with Gasteiger partial charge in [-0.3, -0.25) is 4.79 Å². The Morgan fingerprint density at radius 3 is 2.41 bits per heavy atom. The van der Waals surface area contributed by atoms with Gasteiger partial charge >= 0.3 is 0 Å². The summed E-state index contributed by atoms with van der Waals surface area (Å²) in [7, 11) is 0. The van der Waals surface area contributed by atoms with Gasteiger partial charge in [0.25, 0.3) is 5.56 Å². The molecule has 0 N–H and O–H groups in total. The zero-order chi connectivity index (χ0) is 22.1. The van der Waals surface area contributed by atoms with E-state index in [0.29, 0.717) is 21.9 Å². The quantitative estimate of drug-likeness (QED) is 0.338. The molecule has 7 heteroatoms. The number of thiazole rings is 1. The molecule has 0 spiro atoms. The number of aromatic nitrogens is 3. The van der Waals surface area contributed by atoms with Crippen molar-refractivity contribution in [3.8, 4) is 17.1 Å². The first-order valence-electron chi connectivity index (χ1n) is 10.0. The Balaban J connectivity index is 1.39. The predicted octanol–water partition coefficient (Wildman–Crippen LogP) is 5.02. The largest absolute Gasteiger partial charge is 0.489 e. The Labute approximate surface area is 196 Å². The van der Waals surface area contributed by atoms with Crippen molar-refractivity contribution < 1.29 is 4.74 Å². The molecule has 0 unspecified atom stereocenters. The SMILES string of the molecule is Cc1ccc(-c2nnc3s/c(=C/c4ccc(OCc5ccc(Br)cc5)cc4)c(=O)n23)cc1. The molecule has 0 saturated heterocycles. The minimum atomic E-state index is -0.110. The number of fused-ring (bicyclic) bond motifs is 1. The Hall–Kier alpha value is -3.29. The van der Waals surface area contributed by atoms with Crippen molar-refractivity contribution in [2.75, 3.05) is 0 Å². The van der Waals surface area contributed by atoms with Crippen LogP contribution in [0, 0.1) is 6.92 Å². The highest BCUT2D eigenvalue weighted by atomic mass is 79.9. The van der Waals surface area contributed by atoms with Crippen molar-refractivity contribution in [1.82, 2.24) is 14.6 Å². The van der Waals surface area contributed by atoms with Crippen LogP contribution in [0.15, 0.2) is 82.1 Å². The van der Waals surface area contributed by atoms with Crippen LogP contribution in [0.2, 0.25) is 0 Å². The second-order valence-electron chi connectivity index (χ2n) is 7.41. The fourth-order valence-electron chi connectivity index (χ4n) is 3.31. The summed E-state index contributed by atoms with van der Waals surface area (Å²) in [5, 5.41) is 8.42. The van der Waals surface area contributed by atoms with Crippen LogP contribution in [0.4, 0.5) is 0 Å². The lowest BCUT2D eigenvalue weighted by Crippen LogP contribution is -2.23. The second-order valence-corrected chi connectivity index (χ2v) is 9.33. The molecule has 2 aromatic heterocycles. The lowest BCUT2D eigenvalue weighted by atomic mass is 10.1. The third-order valence-corrected chi connectivity index (χ3v) is 6.54. The Bertz CT molecular complexity index is 1490. The summed E-state index contributed by atoms with van der Waals surface area (Å²) < 4.78 is 9.10. The van der Waals surface area contributed by atoms with Crippen LogP contribution in [-0.2, 0) is 6.61 Å². The normalized spacial score (nSPS) is 11.9. The van der Waals surface area contributed by atoms with Crippen LogP contribution in [-0.4, -0.2) is 14.6 Å².